The first-order valence-corrected chi connectivity index (χ1v) is 10.7. The van der Waals surface area contributed by atoms with E-state index in [1.807, 2.05) is 13.8 Å². The minimum Gasteiger partial charge on any atom is -0.491 e. The zero-order valence-electron chi connectivity index (χ0n) is 18.1. The van der Waals surface area contributed by atoms with Crippen LogP contribution in [0.4, 0.5) is 5.69 Å². The van der Waals surface area contributed by atoms with Crippen molar-refractivity contribution in [2.75, 3.05) is 11.9 Å². The summed E-state index contributed by atoms with van der Waals surface area (Å²) in [6.45, 7) is 5.71. The molecule has 0 saturated carbocycles. The predicted molar refractivity (Wildman–Crippen MR) is 121 cm³/mol. The van der Waals surface area contributed by atoms with Crippen molar-refractivity contribution < 1.29 is 24.2 Å². The number of benzene rings is 2. The summed E-state index contributed by atoms with van der Waals surface area (Å²) in [5, 5.41) is 14.1. The fraction of sp³-hybridized carbons (Fsp3) is 0.348. The van der Waals surface area contributed by atoms with Crippen LogP contribution < -0.4 is 10.1 Å². The number of rotatable bonds is 7. The van der Waals surface area contributed by atoms with Gasteiger partial charge in [0.2, 0.25) is 11.9 Å². The summed E-state index contributed by atoms with van der Waals surface area (Å²) in [5.41, 5.74) is 1.41. The van der Waals surface area contributed by atoms with Crippen LogP contribution in [0.3, 0.4) is 0 Å². The third-order valence-electron chi connectivity index (χ3n) is 4.62. The van der Waals surface area contributed by atoms with E-state index in [0.29, 0.717) is 16.5 Å². The number of carbonyl (C=O) groups is 2. The lowest BCUT2D eigenvalue weighted by Gasteiger charge is -2.33. The third kappa shape index (κ3) is 5.77. The van der Waals surface area contributed by atoms with E-state index in [-0.39, 0.29) is 25.2 Å². The first-order valence-electron chi connectivity index (χ1n) is 10.3. The van der Waals surface area contributed by atoms with E-state index in [1.165, 1.54) is 4.90 Å². The van der Waals surface area contributed by atoms with Crippen LogP contribution in [0.5, 0.6) is 5.75 Å². The molecular weight excluding hydrogens is 434 g/mol. The molecule has 8 nitrogen and oxygen atoms in total. The Kier molecular flexibility index (Phi) is 7.71. The normalized spacial score (nSPS) is 18.4. The number of aliphatic hydroxyl groups is 1. The molecule has 0 fully saturated rings. The van der Waals surface area contributed by atoms with Crippen molar-refractivity contribution in [2.45, 2.75) is 39.6 Å². The molecule has 0 aliphatic carbocycles. The Morgan fingerprint density at radius 1 is 1.19 bits per heavy atom. The molecule has 0 spiro atoms. The van der Waals surface area contributed by atoms with Gasteiger partial charge >= 0.3 is 5.97 Å². The van der Waals surface area contributed by atoms with Gasteiger partial charge < -0.3 is 19.9 Å². The Balaban J connectivity index is 1.88. The highest BCUT2D eigenvalue weighted by Crippen LogP contribution is 2.24. The van der Waals surface area contributed by atoms with E-state index >= 15 is 0 Å². The highest BCUT2D eigenvalue weighted by Gasteiger charge is 2.43. The maximum atomic E-state index is 13.2. The molecule has 1 aliphatic heterocycles. The lowest BCUT2D eigenvalue weighted by atomic mass is 10.0. The van der Waals surface area contributed by atoms with Gasteiger partial charge in [-0.15, -0.1) is 0 Å². The molecule has 0 radical (unpaired) electrons. The highest BCUT2D eigenvalue weighted by molar-refractivity contribution is 6.30. The first-order chi connectivity index (χ1) is 15.3. The Morgan fingerprint density at radius 2 is 1.84 bits per heavy atom. The Labute approximate surface area is 191 Å². The number of aliphatic imine (C=N–C) groups is 1. The summed E-state index contributed by atoms with van der Waals surface area (Å²) in [7, 11) is 0. The summed E-state index contributed by atoms with van der Waals surface area (Å²) < 4.78 is 10.6. The van der Waals surface area contributed by atoms with Gasteiger partial charge in [-0.1, -0.05) is 23.7 Å². The number of aliphatic hydroxyl groups excluding tert-OH is 1. The predicted octanol–water partition coefficient (Wildman–Crippen LogP) is 3.44. The number of halogens is 1. The quantitative estimate of drug-likeness (QED) is 0.486. The van der Waals surface area contributed by atoms with Gasteiger partial charge in [0.25, 0.3) is 0 Å². The monoisotopic (exact) mass is 459 g/mol. The number of nitrogens with one attached hydrogen (secondary N) is 1. The molecule has 1 aliphatic rings. The molecule has 2 aromatic rings. The number of anilines is 1. The van der Waals surface area contributed by atoms with Gasteiger partial charge in [0.05, 0.1) is 19.3 Å². The van der Waals surface area contributed by atoms with Crippen LogP contribution in [0, 0.1) is 5.92 Å². The smallest absolute Gasteiger partial charge is 0.323 e. The third-order valence-corrected chi connectivity index (χ3v) is 4.87. The Bertz CT molecular complexity index is 976. The molecule has 1 heterocycles. The largest absolute Gasteiger partial charge is 0.491 e. The van der Waals surface area contributed by atoms with Crippen molar-refractivity contribution in [1.29, 1.82) is 0 Å². The van der Waals surface area contributed by atoms with Crippen LogP contribution in [0.1, 0.15) is 26.3 Å². The summed E-state index contributed by atoms with van der Waals surface area (Å²) in [4.78, 5) is 31.0. The van der Waals surface area contributed by atoms with E-state index in [9.17, 15) is 14.7 Å². The van der Waals surface area contributed by atoms with Crippen LogP contribution in [0.25, 0.3) is 0 Å². The van der Waals surface area contributed by atoms with Crippen molar-refractivity contribution in [3.05, 3.63) is 59.1 Å². The van der Waals surface area contributed by atoms with E-state index in [2.05, 4.69) is 10.3 Å². The van der Waals surface area contributed by atoms with Crippen molar-refractivity contribution in [2.24, 2.45) is 10.9 Å². The molecule has 2 aromatic carbocycles. The molecular formula is C23H26ClN3O5. The van der Waals surface area contributed by atoms with Gasteiger partial charge in [0, 0.05) is 10.7 Å². The minimum atomic E-state index is -1.56. The standard InChI is InChI=1S/C23H26ClN3O5/c1-4-31-22(30)19-20(28)26-23(25-17-9-11-18(12-10-17)32-14(2)3)27(21(19)29)13-15-5-7-16(24)8-6-15/h5-12,14,19-20,28H,4,13H2,1-3H3,(H,25,26). The molecule has 0 bridgehead atoms. The molecule has 2 atom stereocenters. The van der Waals surface area contributed by atoms with Crippen LogP contribution in [-0.2, 0) is 20.9 Å². The lowest BCUT2D eigenvalue weighted by Crippen LogP contribution is -2.53. The molecule has 0 aromatic heterocycles. The molecule has 2 N–H and O–H groups in total. The van der Waals surface area contributed by atoms with Gasteiger partial charge in [-0.3, -0.25) is 14.5 Å². The topological polar surface area (TPSA) is 100 Å². The van der Waals surface area contributed by atoms with Gasteiger partial charge in [0.15, 0.2) is 12.1 Å². The number of carbonyl (C=O) groups excluding carboxylic acids is 2. The number of amides is 1. The minimum absolute atomic E-state index is 0.0407. The number of ether oxygens (including phenoxy) is 2. The zero-order valence-corrected chi connectivity index (χ0v) is 18.9. The van der Waals surface area contributed by atoms with E-state index < -0.39 is 24.0 Å². The van der Waals surface area contributed by atoms with E-state index in [1.54, 1.807) is 55.5 Å². The van der Waals surface area contributed by atoms with Gasteiger partial charge in [-0.2, -0.15) is 0 Å². The van der Waals surface area contributed by atoms with Crippen molar-refractivity contribution in [3.63, 3.8) is 0 Å². The number of hydrogen-bond donors (Lipinski definition) is 2. The maximum absolute atomic E-state index is 13.2. The summed E-state index contributed by atoms with van der Waals surface area (Å²) in [6.07, 6.45) is -1.52. The highest BCUT2D eigenvalue weighted by atomic mass is 35.5. The van der Waals surface area contributed by atoms with Crippen molar-refractivity contribution in [1.82, 2.24) is 4.90 Å². The van der Waals surface area contributed by atoms with Crippen LogP contribution >= 0.6 is 11.6 Å². The maximum Gasteiger partial charge on any atom is 0.323 e. The molecule has 9 heteroatoms. The SMILES string of the molecule is CCOC(=O)C1C(=O)N(Cc2ccc(Cl)cc2)C(Nc2ccc(OC(C)C)cc2)=NC1O. The number of guanidine groups is 1. The molecule has 1 amide bonds. The summed E-state index contributed by atoms with van der Waals surface area (Å²) in [6, 6.07) is 14.1. The number of nitrogens with zero attached hydrogens (tertiary/aromatic N) is 2. The fourth-order valence-corrected chi connectivity index (χ4v) is 3.29. The summed E-state index contributed by atoms with van der Waals surface area (Å²) in [5.74, 6) is -2.04. The van der Waals surface area contributed by atoms with Gasteiger partial charge in [0.1, 0.15) is 5.75 Å². The van der Waals surface area contributed by atoms with Gasteiger partial charge in [-0.25, -0.2) is 4.99 Å². The van der Waals surface area contributed by atoms with E-state index in [0.717, 1.165) is 5.56 Å². The van der Waals surface area contributed by atoms with Crippen LogP contribution in [0.2, 0.25) is 5.02 Å². The zero-order chi connectivity index (χ0) is 23.3. The average molecular weight is 460 g/mol. The number of esters is 1. The van der Waals surface area contributed by atoms with Crippen LogP contribution in [0.15, 0.2) is 53.5 Å². The van der Waals surface area contributed by atoms with E-state index in [4.69, 9.17) is 21.1 Å². The number of hydrogen-bond acceptors (Lipinski definition) is 7. The lowest BCUT2D eigenvalue weighted by molar-refractivity contribution is -0.160. The molecule has 0 saturated heterocycles. The average Bonchev–Trinajstić information content (AvgIpc) is 2.73. The summed E-state index contributed by atoms with van der Waals surface area (Å²) >= 11 is 5.96. The first kappa shape index (κ1) is 23.6. The molecule has 3 rings (SSSR count). The molecule has 170 valence electrons. The molecule has 32 heavy (non-hydrogen) atoms. The Hall–Kier alpha value is -3.10. The second-order valence-corrected chi connectivity index (χ2v) is 7.90. The second kappa shape index (κ2) is 10.5. The van der Waals surface area contributed by atoms with Crippen molar-refractivity contribution >= 4 is 35.1 Å². The second-order valence-electron chi connectivity index (χ2n) is 7.46. The van der Waals surface area contributed by atoms with Crippen molar-refractivity contribution in [3.8, 4) is 5.75 Å². The Morgan fingerprint density at radius 3 is 2.44 bits per heavy atom. The molecule has 2 unspecified atom stereocenters. The van der Waals surface area contributed by atoms with Crippen LogP contribution in [-0.4, -0.2) is 46.8 Å². The fourth-order valence-electron chi connectivity index (χ4n) is 3.17. The van der Waals surface area contributed by atoms with Gasteiger partial charge in [-0.05, 0) is 62.7 Å².